The summed E-state index contributed by atoms with van der Waals surface area (Å²) < 4.78 is 115. The van der Waals surface area contributed by atoms with Gasteiger partial charge in [0.1, 0.15) is 22.7 Å². The molecule has 0 radical (unpaired) electrons. The lowest BCUT2D eigenvalue weighted by molar-refractivity contribution is -0.136. The number of hydrogen-bond acceptors (Lipinski definition) is 5. The van der Waals surface area contributed by atoms with Gasteiger partial charge in [-0.3, -0.25) is 4.72 Å². The number of benzene rings is 2. The summed E-state index contributed by atoms with van der Waals surface area (Å²) in [5.74, 6) is -2.45. The third-order valence-electron chi connectivity index (χ3n) is 6.99. The second-order valence-corrected chi connectivity index (χ2v) is 12.1. The van der Waals surface area contributed by atoms with Crippen LogP contribution in [0.1, 0.15) is 58.8 Å². The number of nitrogens with zero attached hydrogens (tertiary/aromatic N) is 2. The molecule has 0 spiro atoms. The van der Waals surface area contributed by atoms with Crippen molar-refractivity contribution >= 4 is 32.6 Å². The van der Waals surface area contributed by atoms with Crippen molar-refractivity contribution in [2.75, 3.05) is 10.5 Å². The number of aromatic carboxylic acids is 1. The number of hydrogen-bond donors (Lipinski definition) is 2. The number of imidazole rings is 1. The number of anilines is 1. The predicted molar refractivity (Wildman–Crippen MR) is 149 cm³/mol. The molecule has 0 bridgehead atoms. The number of carboxylic acids is 1. The Labute approximate surface area is 247 Å². The average molecular weight is 642 g/mol. The largest absolute Gasteiger partial charge is 0.477 e. The van der Waals surface area contributed by atoms with Crippen molar-refractivity contribution in [1.29, 1.82) is 0 Å². The van der Waals surface area contributed by atoms with Crippen LogP contribution in [0.15, 0.2) is 59.0 Å². The van der Waals surface area contributed by atoms with Gasteiger partial charge in [0.2, 0.25) is 10.0 Å². The van der Waals surface area contributed by atoms with E-state index in [1.807, 2.05) is 4.72 Å². The van der Waals surface area contributed by atoms with Gasteiger partial charge in [0.15, 0.2) is 5.69 Å². The summed E-state index contributed by atoms with van der Waals surface area (Å²) in [6.45, 7) is 1.73. The summed E-state index contributed by atoms with van der Waals surface area (Å²) in [7, 11) is -4.44. The van der Waals surface area contributed by atoms with E-state index in [4.69, 9.17) is 4.42 Å². The first-order chi connectivity index (χ1) is 20.6. The highest BCUT2D eigenvalue weighted by atomic mass is 32.2. The number of halogens is 6. The third-order valence-corrected chi connectivity index (χ3v) is 8.15. The fourth-order valence-corrected chi connectivity index (χ4v) is 5.96. The van der Waals surface area contributed by atoms with Gasteiger partial charge >= 0.3 is 18.3 Å². The number of carbonyl (C=O) groups is 1. The van der Waals surface area contributed by atoms with E-state index >= 15 is 0 Å². The second-order valence-electron chi connectivity index (χ2n) is 10.3. The number of nitrogens with one attached hydrogen (secondary N) is 1. The van der Waals surface area contributed by atoms with Crippen molar-refractivity contribution in [2.24, 2.45) is 0 Å². The number of allylic oxidation sites excluding steroid dienone is 1. The molecule has 15 heteroatoms. The maximum atomic E-state index is 14.6. The number of furan rings is 1. The summed E-state index contributed by atoms with van der Waals surface area (Å²) in [5, 5.41) is 9.59. The Kier molecular flexibility index (Phi) is 8.03. The smallest absolute Gasteiger partial charge is 0.420 e. The van der Waals surface area contributed by atoms with E-state index in [2.05, 4.69) is 4.98 Å². The molecule has 0 amide bonds. The Hall–Kier alpha value is -4.27. The standard InChI is InChI=1S/C29H25F6N3O5S/c1-2-22-36-24(17-9-10-17)25(27(39)40)38(22)15-16-8-11-21-19(14-16)23(29(33,34)35)26(43-21)18-6-3-4-7-20(18)37-44(41,42)13-5-12-28(30,31)32/h3-8,11-12,14,17,37H,2,9-10,13,15H2,1H3,(H,39,40). The highest BCUT2D eigenvalue weighted by molar-refractivity contribution is 7.92. The third kappa shape index (κ3) is 6.61. The zero-order valence-electron chi connectivity index (χ0n) is 23.0. The number of para-hydroxylation sites is 1. The number of carboxylic acid groups (broad SMARTS) is 1. The Morgan fingerprint density at radius 1 is 1.14 bits per heavy atom. The zero-order chi connectivity index (χ0) is 32.0. The number of rotatable bonds is 10. The van der Waals surface area contributed by atoms with Gasteiger partial charge in [0.05, 0.1) is 17.1 Å². The van der Waals surface area contributed by atoms with Crippen LogP contribution in [-0.2, 0) is 29.2 Å². The van der Waals surface area contributed by atoms with Crippen molar-refractivity contribution in [3.63, 3.8) is 0 Å². The van der Waals surface area contributed by atoms with Gasteiger partial charge in [-0.05, 0) is 42.7 Å². The minimum atomic E-state index is -4.98. The van der Waals surface area contributed by atoms with E-state index in [1.54, 1.807) is 6.92 Å². The number of fused-ring (bicyclic) bond motifs is 1. The van der Waals surface area contributed by atoms with Gasteiger partial charge in [-0.2, -0.15) is 26.3 Å². The SMILES string of the molecule is CCc1nc(C2CC2)c(C(=O)O)n1Cc1ccc2oc(-c3ccccc3NS(=O)(=O)CC=CC(F)(F)F)c(C(F)(F)F)c2c1. The van der Waals surface area contributed by atoms with Crippen LogP contribution in [0.4, 0.5) is 32.0 Å². The molecular weight excluding hydrogens is 616 g/mol. The molecule has 4 aromatic rings. The number of sulfonamides is 1. The summed E-state index contributed by atoms with van der Waals surface area (Å²) in [6, 6.07) is 9.09. The summed E-state index contributed by atoms with van der Waals surface area (Å²) >= 11 is 0. The molecule has 0 unspecified atom stereocenters. The molecule has 44 heavy (non-hydrogen) atoms. The van der Waals surface area contributed by atoms with Crippen LogP contribution in [0, 0.1) is 0 Å². The minimum absolute atomic E-state index is 0.000311. The number of aromatic nitrogens is 2. The quantitative estimate of drug-likeness (QED) is 0.138. The summed E-state index contributed by atoms with van der Waals surface area (Å²) in [6.07, 6.45) is -7.58. The lowest BCUT2D eigenvalue weighted by Gasteiger charge is -2.13. The van der Waals surface area contributed by atoms with Crippen LogP contribution in [0.3, 0.4) is 0 Å². The Balaban J connectivity index is 1.57. The minimum Gasteiger partial charge on any atom is -0.477 e. The Morgan fingerprint density at radius 3 is 2.45 bits per heavy atom. The molecule has 2 N–H and O–H groups in total. The molecule has 0 aliphatic heterocycles. The Morgan fingerprint density at radius 2 is 1.84 bits per heavy atom. The number of aryl methyl sites for hydroxylation is 1. The van der Waals surface area contributed by atoms with Crippen LogP contribution in [0.2, 0.25) is 0 Å². The molecule has 1 saturated carbocycles. The molecule has 0 atom stereocenters. The van der Waals surface area contributed by atoms with Gasteiger partial charge in [-0.1, -0.05) is 31.2 Å². The normalized spacial score (nSPS) is 14.5. The molecule has 2 aromatic carbocycles. The van der Waals surface area contributed by atoms with Crippen LogP contribution in [0.25, 0.3) is 22.3 Å². The monoisotopic (exact) mass is 641 g/mol. The highest BCUT2D eigenvalue weighted by Crippen LogP contribution is 2.46. The lowest BCUT2D eigenvalue weighted by atomic mass is 10.0. The summed E-state index contributed by atoms with van der Waals surface area (Å²) in [5.41, 5.74) is -1.17. The van der Waals surface area contributed by atoms with Crippen LogP contribution >= 0.6 is 0 Å². The predicted octanol–water partition coefficient (Wildman–Crippen LogP) is 7.36. The van der Waals surface area contributed by atoms with Crippen LogP contribution < -0.4 is 4.72 Å². The van der Waals surface area contributed by atoms with E-state index < -0.39 is 45.4 Å². The molecular formula is C29H25F6N3O5S. The summed E-state index contributed by atoms with van der Waals surface area (Å²) in [4.78, 5) is 16.7. The molecule has 2 aromatic heterocycles. The number of alkyl halides is 6. The fourth-order valence-electron chi connectivity index (χ4n) is 5.01. The van der Waals surface area contributed by atoms with Crippen LogP contribution in [-0.4, -0.2) is 41.0 Å². The highest BCUT2D eigenvalue weighted by Gasteiger charge is 2.40. The lowest BCUT2D eigenvalue weighted by Crippen LogP contribution is -2.17. The first-order valence-corrected chi connectivity index (χ1v) is 15.0. The molecule has 8 nitrogen and oxygen atoms in total. The first kappa shape index (κ1) is 31.2. The molecule has 1 fully saturated rings. The van der Waals surface area contributed by atoms with Gasteiger partial charge in [-0.25, -0.2) is 18.2 Å². The molecule has 1 aliphatic rings. The van der Waals surface area contributed by atoms with Crippen molar-refractivity contribution in [3.05, 3.63) is 83.0 Å². The van der Waals surface area contributed by atoms with Gasteiger partial charge in [0.25, 0.3) is 0 Å². The molecule has 0 saturated heterocycles. The van der Waals surface area contributed by atoms with E-state index in [9.17, 15) is 44.7 Å². The maximum Gasteiger partial charge on any atom is 0.420 e. The topological polar surface area (TPSA) is 114 Å². The van der Waals surface area contributed by atoms with E-state index in [-0.39, 0.29) is 46.5 Å². The average Bonchev–Trinajstić information content (AvgIpc) is 3.58. The molecule has 2 heterocycles. The maximum absolute atomic E-state index is 14.6. The molecule has 1 aliphatic carbocycles. The fraction of sp³-hybridized carbons (Fsp3) is 0.310. The van der Waals surface area contributed by atoms with Gasteiger partial charge in [-0.15, -0.1) is 0 Å². The van der Waals surface area contributed by atoms with Crippen molar-refractivity contribution in [2.45, 2.75) is 51.0 Å². The second kappa shape index (κ2) is 11.3. The van der Waals surface area contributed by atoms with Gasteiger partial charge in [0, 0.05) is 35.9 Å². The van der Waals surface area contributed by atoms with Crippen molar-refractivity contribution in [3.8, 4) is 11.3 Å². The Bertz CT molecular complexity index is 1870. The first-order valence-electron chi connectivity index (χ1n) is 13.4. The van der Waals surface area contributed by atoms with E-state index in [0.29, 0.717) is 29.6 Å². The molecule has 234 valence electrons. The zero-order valence-corrected chi connectivity index (χ0v) is 23.8. The van der Waals surface area contributed by atoms with Crippen LogP contribution in [0.5, 0.6) is 0 Å². The van der Waals surface area contributed by atoms with Crippen molar-refractivity contribution in [1.82, 2.24) is 9.55 Å². The molecule has 5 rings (SSSR count). The van der Waals surface area contributed by atoms with Gasteiger partial charge < -0.3 is 14.1 Å². The van der Waals surface area contributed by atoms with E-state index in [0.717, 1.165) is 18.9 Å². The van der Waals surface area contributed by atoms with Crippen molar-refractivity contribution < 1.29 is 49.1 Å². The van der Waals surface area contributed by atoms with E-state index in [1.165, 1.54) is 41.0 Å².